The number of halogens is 1. The standard InChI is InChI=1S/C14H16BrNS/c1-10-13(7-8-17-10)14(16-2)9-11-3-5-12(15)6-4-11/h3-8,14,16H,9H2,1-2H3. The van der Waals surface area contributed by atoms with Gasteiger partial charge >= 0.3 is 0 Å². The monoisotopic (exact) mass is 309 g/mol. The van der Waals surface area contributed by atoms with Crippen LogP contribution in [0.25, 0.3) is 0 Å². The maximum Gasteiger partial charge on any atom is 0.0369 e. The summed E-state index contributed by atoms with van der Waals surface area (Å²) in [6.07, 6.45) is 1.03. The molecule has 0 radical (unpaired) electrons. The highest BCUT2D eigenvalue weighted by molar-refractivity contribution is 9.10. The fourth-order valence-electron chi connectivity index (χ4n) is 1.98. The molecule has 1 unspecified atom stereocenters. The van der Waals surface area contributed by atoms with Crippen molar-refractivity contribution in [3.8, 4) is 0 Å². The summed E-state index contributed by atoms with van der Waals surface area (Å²) < 4.78 is 1.13. The van der Waals surface area contributed by atoms with Crippen molar-refractivity contribution >= 4 is 27.3 Å². The van der Waals surface area contributed by atoms with Crippen molar-refractivity contribution in [1.29, 1.82) is 0 Å². The van der Waals surface area contributed by atoms with Gasteiger partial charge in [0, 0.05) is 15.4 Å². The SMILES string of the molecule is CNC(Cc1ccc(Br)cc1)c1ccsc1C. The summed E-state index contributed by atoms with van der Waals surface area (Å²) in [5.74, 6) is 0. The Morgan fingerprint density at radius 2 is 1.94 bits per heavy atom. The molecule has 0 spiro atoms. The van der Waals surface area contributed by atoms with E-state index in [0.717, 1.165) is 10.9 Å². The van der Waals surface area contributed by atoms with E-state index in [4.69, 9.17) is 0 Å². The molecule has 1 nitrogen and oxygen atoms in total. The molecule has 90 valence electrons. The summed E-state index contributed by atoms with van der Waals surface area (Å²) in [5.41, 5.74) is 2.78. The highest BCUT2D eigenvalue weighted by atomic mass is 79.9. The minimum absolute atomic E-state index is 0.405. The van der Waals surface area contributed by atoms with Crippen LogP contribution in [0.4, 0.5) is 0 Å². The Hall–Kier alpha value is -0.640. The highest BCUT2D eigenvalue weighted by Gasteiger charge is 2.13. The Morgan fingerprint density at radius 3 is 2.47 bits per heavy atom. The van der Waals surface area contributed by atoms with Gasteiger partial charge in [0.2, 0.25) is 0 Å². The van der Waals surface area contributed by atoms with Crippen molar-refractivity contribution in [1.82, 2.24) is 5.32 Å². The van der Waals surface area contributed by atoms with Gasteiger partial charge in [0.15, 0.2) is 0 Å². The van der Waals surface area contributed by atoms with Crippen LogP contribution >= 0.6 is 27.3 Å². The first-order valence-electron chi connectivity index (χ1n) is 5.66. The van der Waals surface area contributed by atoms with Crippen LogP contribution in [0.1, 0.15) is 22.0 Å². The van der Waals surface area contributed by atoms with Crippen LogP contribution in [-0.2, 0) is 6.42 Å². The third kappa shape index (κ3) is 3.18. The van der Waals surface area contributed by atoms with Crippen molar-refractivity contribution in [3.05, 3.63) is 56.2 Å². The Labute approximate surface area is 115 Å². The fraction of sp³-hybridized carbons (Fsp3) is 0.286. The van der Waals surface area contributed by atoms with Crippen LogP contribution < -0.4 is 5.32 Å². The number of hydrogen-bond acceptors (Lipinski definition) is 2. The minimum atomic E-state index is 0.405. The van der Waals surface area contributed by atoms with E-state index in [2.05, 4.69) is 63.9 Å². The van der Waals surface area contributed by atoms with Crippen LogP contribution in [0.15, 0.2) is 40.2 Å². The average molecular weight is 310 g/mol. The van der Waals surface area contributed by atoms with Gasteiger partial charge in [0.1, 0.15) is 0 Å². The molecule has 1 aromatic heterocycles. The van der Waals surface area contributed by atoms with Gasteiger partial charge in [-0.05, 0) is 55.1 Å². The summed E-state index contributed by atoms with van der Waals surface area (Å²) in [5, 5.41) is 5.57. The number of aryl methyl sites for hydroxylation is 1. The third-order valence-electron chi connectivity index (χ3n) is 2.98. The molecule has 0 aliphatic carbocycles. The summed E-state index contributed by atoms with van der Waals surface area (Å²) in [7, 11) is 2.03. The fourth-order valence-corrected chi connectivity index (χ4v) is 3.01. The lowest BCUT2D eigenvalue weighted by atomic mass is 10.00. The van der Waals surface area contributed by atoms with Crippen molar-refractivity contribution in [2.24, 2.45) is 0 Å². The van der Waals surface area contributed by atoms with Crippen LogP contribution in [0.3, 0.4) is 0 Å². The number of benzene rings is 1. The predicted molar refractivity (Wildman–Crippen MR) is 78.7 cm³/mol. The molecule has 2 rings (SSSR count). The highest BCUT2D eigenvalue weighted by Crippen LogP contribution is 2.25. The molecule has 0 saturated heterocycles. The van der Waals surface area contributed by atoms with E-state index in [0.29, 0.717) is 6.04 Å². The second-order valence-corrected chi connectivity index (χ2v) is 6.14. The molecule has 0 aliphatic rings. The second-order valence-electron chi connectivity index (χ2n) is 4.10. The quantitative estimate of drug-likeness (QED) is 0.886. The molecule has 2 aromatic rings. The lowest BCUT2D eigenvalue weighted by Gasteiger charge is -2.16. The Morgan fingerprint density at radius 1 is 1.24 bits per heavy atom. The van der Waals surface area contributed by atoms with Gasteiger partial charge in [-0.3, -0.25) is 0 Å². The van der Waals surface area contributed by atoms with Gasteiger partial charge in [-0.15, -0.1) is 11.3 Å². The molecule has 1 aromatic carbocycles. The zero-order chi connectivity index (χ0) is 12.3. The van der Waals surface area contributed by atoms with Gasteiger partial charge in [0.25, 0.3) is 0 Å². The zero-order valence-corrected chi connectivity index (χ0v) is 12.4. The molecule has 1 atom stereocenters. The largest absolute Gasteiger partial charge is 0.313 e. The van der Waals surface area contributed by atoms with E-state index in [1.807, 2.05) is 18.4 Å². The zero-order valence-electron chi connectivity index (χ0n) is 10.0. The molecule has 3 heteroatoms. The molecule has 1 heterocycles. The van der Waals surface area contributed by atoms with E-state index in [1.54, 1.807) is 0 Å². The molecule has 0 bridgehead atoms. The summed E-state index contributed by atoms with van der Waals surface area (Å²) in [6, 6.07) is 11.2. The predicted octanol–water partition coefficient (Wildman–Crippen LogP) is 4.32. The van der Waals surface area contributed by atoms with E-state index in [-0.39, 0.29) is 0 Å². The van der Waals surface area contributed by atoms with Crippen molar-refractivity contribution in [2.75, 3.05) is 7.05 Å². The summed E-state index contributed by atoms with van der Waals surface area (Å²) >= 11 is 5.28. The normalized spacial score (nSPS) is 12.6. The Kier molecular flexibility index (Phi) is 4.37. The van der Waals surface area contributed by atoms with E-state index < -0.39 is 0 Å². The van der Waals surface area contributed by atoms with Crippen LogP contribution in [0, 0.1) is 6.92 Å². The topological polar surface area (TPSA) is 12.0 Å². The number of hydrogen-bond donors (Lipinski definition) is 1. The lowest BCUT2D eigenvalue weighted by molar-refractivity contribution is 0.591. The van der Waals surface area contributed by atoms with Gasteiger partial charge in [0.05, 0.1) is 0 Å². The molecule has 0 saturated carbocycles. The number of nitrogens with one attached hydrogen (secondary N) is 1. The van der Waals surface area contributed by atoms with Crippen molar-refractivity contribution < 1.29 is 0 Å². The van der Waals surface area contributed by atoms with Crippen LogP contribution in [0.5, 0.6) is 0 Å². The first-order chi connectivity index (χ1) is 8.20. The number of rotatable bonds is 4. The van der Waals surface area contributed by atoms with Gasteiger partial charge in [-0.2, -0.15) is 0 Å². The molecule has 0 aliphatic heterocycles. The smallest absolute Gasteiger partial charge is 0.0369 e. The first-order valence-corrected chi connectivity index (χ1v) is 7.33. The Bertz CT molecular complexity index is 475. The van der Waals surface area contributed by atoms with Gasteiger partial charge < -0.3 is 5.32 Å². The molecular formula is C14H16BrNS. The number of thiophene rings is 1. The van der Waals surface area contributed by atoms with Crippen LogP contribution in [0.2, 0.25) is 0 Å². The average Bonchev–Trinajstić information content (AvgIpc) is 2.75. The molecular weight excluding hydrogens is 294 g/mol. The molecule has 17 heavy (non-hydrogen) atoms. The van der Waals surface area contributed by atoms with Crippen molar-refractivity contribution in [3.63, 3.8) is 0 Å². The first kappa shape index (κ1) is 12.8. The molecule has 1 N–H and O–H groups in total. The Balaban J connectivity index is 2.16. The summed E-state index contributed by atoms with van der Waals surface area (Å²) in [6.45, 7) is 2.19. The number of likely N-dealkylation sites (N-methyl/N-ethyl adjacent to an activating group) is 1. The minimum Gasteiger partial charge on any atom is -0.313 e. The molecule has 0 fully saturated rings. The van der Waals surface area contributed by atoms with E-state index in [1.165, 1.54) is 16.0 Å². The molecule has 0 amide bonds. The van der Waals surface area contributed by atoms with Crippen LogP contribution in [-0.4, -0.2) is 7.05 Å². The maximum atomic E-state index is 3.47. The summed E-state index contributed by atoms with van der Waals surface area (Å²) in [4.78, 5) is 1.40. The van der Waals surface area contributed by atoms with E-state index in [9.17, 15) is 0 Å². The van der Waals surface area contributed by atoms with Gasteiger partial charge in [-0.25, -0.2) is 0 Å². The maximum absolute atomic E-state index is 3.47. The van der Waals surface area contributed by atoms with Gasteiger partial charge in [-0.1, -0.05) is 28.1 Å². The van der Waals surface area contributed by atoms with E-state index >= 15 is 0 Å². The second kappa shape index (κ2) is 5.80. The third-order valence-corrected chi connectivity index (χ3v) is 4.37. The lowest BCUT2D eigenvalue weighted by Crippen LogP contribution is -2.18. The van der Waals surface area contributed by atoms with Crippen molar-refractivity contribution in [2.45, 2.75) is 19.4 Å².